The van der Waals surface area contributed by atoms with Gasteiger partial charge >= 0.3 is 5.97 Å². The van der Waals surface area contributed by atoms with Crippen LogP contribution in [0.2, 0.25) is 0 Å². The molecule has 0 bridgehead atoms. The highest BCUT2D eigenvalue weighted by molar-refractivity contribution is 5.66. The van der Waals surface area contributed by atoms with Gasteiger partial charge in [0.1, 0.15) is 0 Å². The fourth-order valence-corrected chi connectivity index (χ4v) is 0.207. The molecular weight excluding hydrogens is 94.0 g/mol. The number of carboxylic acid groups (broad SMARTS) is 1. The summed E-state index contributed by atoms with van der Waals surface area (Å²) in [5.74, 6) is -1.10. The van der Waals surface area contributed by atoms with E-state index in [1.807, 2.05) is 0 Å². The first-order valence-corrected chi connectivity index (χ1v) is 2.03. The van der Waals surface area contributed by atoms with Crippen LogP contribution in [-0.2, 0) is 4.79 Å². The Balaban J connectivity index is 3.32. The Labute approximate surface area is 43.5 Å². The molecule has 3 heteroatoms. The fraction of sp³-hybridized carbons (Fsp3) is 0.750. The van der Waals surface area contributed by atoms with Gasteiger partial charge in [-0.25, -0.2) is 0 Å². The average Bonchev–Trinajstić information content (AvgIpc) is 1.67. The van der Waals surface area contributed by atoms with Crippen LogP contribution >= 0.6 is 0 Å². The van der Waals surface area contributed by atoms with Crippen molar-refractivity contribution in [1.29, 1.82) is 0 Å². The average molecular weight is 104 g/mol. The van der Waals surface area contributed by atoms with Crippen LogP contribution < -0.4 is 5.73 Å². The van der Waals surface area contributed by atoms with Gasteiger partial charge in [-0.15, -0.1) is 0 Å². The fourth-order valence-electron chi connectivity index (χ4n) is 0.207. The molecule has 1 atom stereocenters. The third-order valence-electron chi connectivity index (χ3n) is 0.486. The van der Waals surface area contributed by atoms with E-state index in [-0.39, 0.29) is 13.0 Å². The van der Waals surface area contributed by atoms with Crippen LogP contribution in [0.4, 0.5) is 0 Å². The molecule has 0 fully saturated rings. The highest BCUT2D eigenvalue weighted by Crippen LogP contribution is 1.82. The van der Waals surface area contributed by atoms with Crippen molar-refractivity contribution in [3.63, 3.8) is 0 Å². The van der Waals surface area contributed by atoms with Gasteiger partial charge in [-0.05, 0) is 13.0 Å². The van der Waals surface area contributed by atoms with Crippen molar-refractivity contribution >= 4 is 5.97 Å². The van der Waals surface area contributed by atoms with Gasteiger partial charge in [0.2, 0.25) is 0 Å². The molecule has 0 aromatic carbocycles. The highest BCUT2D eigenvalue weighted by atomic mass is 16.4. The molecule has 0 spiro atoms. The van der Waals surface area contributed by atoms with Gasteiger partial charge in [-0.2, -0.15) is 0 Å². The molecular formula is C4H9NO2. The molecule has 0 aliphatic carbocycles. The van der Waals surface area contributed by atoms with Gasteiger partial charge in [-0.1, -0.05) is 0 Å². The Morgan fingerprint density at radius 2 is 2.57 bits per heavy atom. The van der Waals surface area contributed by atoms with Gasteiger partial charge in [0, 0.05) is 7.77 Å². The summed E-state index contributed by atoms with van der Waals surface area (Å²) in [5.41, 5.74) is 4.98. The number of carbonyl (C=O) groups is 1. The summed E-state index contributed by atoms with van der Waals surface area (Å²) < 4.78 is 6.75. The second-order valence-corrected chi connectivity index (χ2v) is 1.12. The van der Waals surface area contributed by atoms with Crippen LogP contribution in [0.1, 0.15) is 14.2 Å². The zero-order valence-electron chi connectivity index (χ0n) is 4.92. The maximum atomic E-state index is 9.85. The first-order valence-electron chi connectivity index (χ1n) is 2.61. The molecule has 3 nitrogen and oxygen atoms in total. The van der Waals surface area contributed by atoms with E-state index >= 15 is 0 Å². The number of hydrogen-bond donors (Lipinski definition) is 2. The lowest BCUT2D eigenvalue weighted by atomic mass is 10.3. The predicted octanol–water partition coefficient (Wildman–Crippen LogP) is -0.190. The number of nitrogens with two attached hydrogens (primary N) is 1. The highest BCUT2D eigenvalue weighted by Gasteiger charge is 1.91. The van der Waals surface area contributed by atoms with Crippen molar-refractivity contribution in [1.82, 2.24) is 0 Å². The maximum Gasteiger partial charge on any atom is 0.303 e. The Morgan fingerprint density at radius 1 is 2.00 bits per heavy atom. The van der Waals surface area contributed by atoms with Gasteiger partial charge in [-0.3, -0.25) is 4.79 Å². The largest absolute Gasteiger partial charge is 0.481 e. The molecule has 0 amide bonds. The lowest BCUT2D eigenvalue weighted by Crippen LogP contribution is -2.02. The van der Waals surface area contributed by atoms with E-state index in [4.69, 9.17) is 12.2 Å². The molecule has 0 aromatic rings. The molecule has 42 valence electrons. The first kappa shape index (κ1) is 4.59. The normalized spacial score (nSPS) is 15.3. The monoisotopic (exact) mass is 104 g/mol. The molecule has 7 heavy (non-hydrogen) atoms. The molecule has 0 aliphatic rings. The van der Waals surface area contributed by atoms with E-state index < -0.39 is 12.4 Å². The summed E-state index contributed by atoms with van der Waals surface area (Å²) in [6.07, 6.45) is -0.810. The standard InChI is InChI=1S/C4H9NO2/c5-3-1-2-4(6)7/h1-3,5H2,(H,6,7)/i2D. The summed E-state index contributed by atoms with van der Waals surface area (Å²) >= 11 is 0. The predicted molar refractivity (Wildman–Crippen MR) is 25.9 cm³/mol. The van der Waals surface area contributed by atoms with E-state index in [1.165, 1.54) is 0 Å². The van der Waals surface area contributed by atoms with E-state index in [0.717, 1.165) is 0 Å². The number of carboxylic acids is 1. The summed E-state index contributed by atoms with van der Waals surface area (Å²) in [6.45, 7) is 0.264. The van der Waals surface area contributed by atoms with E-state index in [0.29, 0.717) is 0 Å². The van der Waals surface area contributed by atoms with Crippen molar-refractivity contribution in [2.45, 2.75) is 12.8 Å². The quantitative estimate of drug-likeness (QED) is 0.521. The van der Waals surface area contributed by atoms with Crippen LogP contribution in [-0.4, -0.2) is 17.6 Å². The number of hydrogen-bond acceptors (Lipinski definition) is 2. The van der Waals surface area contributed by atoms with Crippen LogP contribution in [0.15, 0.2) is 0 Å². The Morgan fingerprint density at radius 3 is 2.71 bits per heavy atom. The van der Waals surface area contributed by atoms with Crippen molar-refractivity contribution in [3.05, 3.63) is 0 Å². The van der Waals surface area contributed by atoms with E-state index in [9.17, 15) is 4.79 Å². The van der Waals surface area contributed by atoms with Gasteiger partial charge in [0.25, 0.3) is 0 Å². The zero-order chi connectivity index (χ0) is 6.57. The summed E-state index contributed by atoms with van der Waals surface area (Å²) in [4.78, 5) is 9.85. The number of rotatable bonds is 3. The number of aliphatic carboxylic acids is 1. The summed E-state index contributed by atoms with van der Waals surface area (Å²) in [7, 11) is 0. The first-order chi connectivity index (χ1) is 3.68. The van der Waals surface area contributed by atoms with Gasteiger partial charge < -0.3 is 10.8 Å². The minimum atomic E-state index is -1.10. The molecule has 0 rings (SSSR count). The second-order valence-electron chi connectivity index (χ2n) is 1.12. The van der Waals surface area contributed by atoms with Crippen molar-refractivity contribution in [2.24, 2.45) is 5.73 Å². The van der Waals surface area contributed by atoms with E-state index in [2.05, 4.69) is 0 Å². The molecule has 0 aromatic heterocycles. The molecule has 0 saturated heterocycles. The van der Waals surface area contributed by atoms with Crippen LogP contribution in [0, 0.1) is 0 Å². The lowest BCUT2D eigenvalue weighted by molar-refractivity contribution is -0.137. The Hall–Kier alpha value is -0.570. The Bertz CT molecular complexity index is 86.1. The zero-order valence-corrected chi connectivity index (χ0v) is 3.92. The lowest BCUT2D eigenvalue weighted by Gasteiger charge is -1.86. The molecule has 0 heterocycles. The summed E-state index contributed by atoms with van der Waals surface area (Å²) in [6, 6.07) is 0. The minimum absolute atomic E-state index is 0.231. The third kappa shape index (κ3) is 5.43. The van der Waals surface area contributed by atoms with Gasteiger partial charge in [0.15, 0.2) is 0 Å². The maximum absolute atomic E-state index is 9.85. The van der Waals surface area contributed by atoms with Crippen LogP contribution in [0.25, 0.3) is 0 Å². The molecule has 1 unspecified atom stereocenters. The van der Waals surface area contributed by atoms with Crippen LogP contribution in [0.5, 0.6) is 0 Å². The molecule has 0 aliphatic heterocycles. The smallest absolute Gasteiger partial charge is 0.303 e. The van der Waals surface area contributed by atoms with Crippen molar-refractivity contribution in [2.75, 3.05) is 6.54 Å². The molecule has 0 radical (unpaired) electrons. The van der Waals surface area contributed by atoms with Crippen molar-refractivity contribution in [3.8, 4) is 0 Å². The summed E-state index contributed by atoms with van der Waals surface area (Å²) in [5, 5.41) is 8.07. The SMILES string of the molecule is [2H]C(CCN)C(=O)O. The third-order valence-corrected chi connectivity index (χ3v) is 0.486. The second kappa shape index (κ2) is 3.61. The van der Waals surface area contributed by atoms with E-state index in [1.54, 1.807) is 0 Å². The minimum Gasteiger partial charge on any atom is -0.481 e. The topological polar surface area (TPSA) is 63.3 Å². The Kier molecular flexibility index (Phi) is 2.37. The molecule has 0 saturated carbocycles. The van der Waals surface area contributed by atoms with Crippen LogP contribution in [0.3, 0.4) is 0 Å². The van der Waals surface area contributed by atoms with Crippen molar-refractivity contribution < 1.29 is 11.3 Å². The van der Waals surface area contributed by atoms with Gasteiger partial charge in [0.05, 0.1) is 0 Å². The molecule has 3 N–H and O–H groups in total.